The van der Waals surface area contributed by atoms with Gasteiger partial charge >= 0.3 is 0 Å². The van der Waals surface area contributed by atoms with Gasteiger partial charge in [0.2, 0.25) is 5.91 Å². The first-order valence-electron chi connectivity index (χ1n) is 14.6. The Bertz CT molecular complexity index is 1640. The maximum Gasteiger partial charge on any atom is 0.232 e. The molecule has 6 heteroatoms. The van der Waals surface area contributed by atoms with Crippen LogP contribution >= 0.6 is 11.3 Å². The summed E-state index contributed by atoms with van der Waals surface area (Å²) < 4.78 is 3.10. The summed E-state index contributed by atoms with van der Waals surface area (Å²) in [5, 5.41) is 0.765. The monoisotopic (exact) mass is 570 g/mol. The van der Waals surface area contributed by atoms with E-state index in [1.54, 1.807) is 11.3 Å². The normalized spacial score (nSPS) is 13.3. The molecule has 1 aliphatic rings. The minimum atomic E-state index is 0.0852. The summed E-state index contributed by atoms with van der Waals surface area (Å²) >= 11 is 1.58. The van der Waals surface area contributed by atoms with Crippen molar-refractivity contribution < 1.29 is 4.79 Å². The number of hydrogen-bond acceptors (Lipinski definition) is 4. The minimum absolute atomic E-state index is 0.0852. The first-order chi connectivity index (χ1) is 20.7. The molecule has 0 N–H and O–H groups in total. The molecule has 7 rings (SSSR count). The number of hydrogen-bond donors (Lipinski definition) is 0. The van der Waals surface area contributed by atoms with E-state index in [-0.39, 0.29) is 11.8 Å². The molecule has 1 aliphatic carbocycles. The van der Waals surface area contributed by atoms with Crippen LogP contribution in [-0.2, 0) is 11.3 Å². The zero-order valence-electron chi connectivity index (χ0n) is 23.5. The summed E-state index contributed by atoms with van der Waals surface area (Å²) in [6.07, 6.45) is 9.25. The lowest BCUT2D eigenvalue weighted by Gasteiger charge is -2.27. The van der Waals surface area contributed by atoms with Gasteiger partial charge in [-0.3, -0.25) is 9.69 Å². The number of amides is 1. The molecule has 0 radical (unpaired) electrons. The number of nitrogens with zero attached hydrogens (tertiary/aromatic N) is 4. The molecule has 5 nitrogen and oxygen atoms in total. The van der Waals surface area contributed by atoms with E-state index >= 15 is 0 Å². The molecule has 0 aliphatic heterocycles. The molecule has 1 fully saturated rings. The number of imidazole rings is 1. The number of thiazole rings is 1. The highest BCUT2D eigenvalue weighted by atomic mass is 32.1. The number of anilines is 1. The van der Waals surface area contributed by atoms with E-state index in [2.05, 4.69) is 59.6 Å². The van der Waals surface area contributed by atoms with Gasteiger partial charge in [0.25, 0.3) is 0 Å². The number of fused-ring (bicyclic) bond motifs is 1. The van der Waals surface area contributed by atoms with E-state index in [1.165, 1.54) is 17.5 Å². The second-order valence-electron chi connectivity index (χ2n) is 10.6. The van der Waals surface area contributed by atoms with Crippen molar-refractivity contribution in [3.63, 3.8) is 0 Å². The van der Waals surface area contributed by atoms with Gasteiger partial charge in [0.15, 0.2) is 5.13 Å². The second kappa shape index (κ2) is 13.4. The van der Waals surface area contributed by atoms with Crippen LogP contribution in [0.3, 0.4) is 0 Å². The molecule has 0 bridgehead atoms. The molecule has 42 heavy (non-hydrogen) atoms. The van der Waals surface area contributed by atoms with Crippen molar-refractivity contribution in [1.82, 2.24) is 14.5 Å². The number of para-hydroxylation sites is 2. The lowest BCUT2D eigenvalue weighted by molar-refractivity contribution is -0.123. The van der Waals surface area contributed by atoms with Crippen molar-refractivity contribution in [2.24, 2.45) is 5.92 Å². The van der Waals surface area contributed by atoms with Crippen LogP contribution < -0.4 is 4.90 Å². The average Bonchev–Trinajstić information content (AvgIpc) is 3.73. The van der Waals surface area contributed by atoms with Crippen LogP contribution in [0.2, 0.25) is 0 Å². The summed E-state index contributed by atoms with van der Waals surface area (Å²) in [6.45, 7) is 0.439. The van der Waals surface area contributed by atoms with Crippen LogP contribution in [0.5, 0.6) is 0 Å². The zero-order valence-corrected chi connectivity index (χ0v) is 24.4. The highest BCUT2D eigenvalue weighted by molar-refractivity contribution is 7.22. The predicted octanol–water partition coefficient (Wildman–Crippen LogP) is 8.95. The number of rotatable bonds is 6. The molecule has 4 aromatic carbocycles. The number of carbonyl (C=O) groups is 1. The van der Waals surface area contributed by atoms with E-state index in [1.807, 2.05) is 82.7 Å². The number of carbonyl (C=O) groups excluding carboxylic acids is 1. The first-order valence-corrected chi connectivity index (χ1v) is 15.4. The summed E-state index contributed by atoms with van der Waals surface area (Å²) in [5.74, 6) is 0.269. The van der Waals surface area contributed by atoms with Gasteiger partial charge in [0.1, 0.15) is 0 Å². The molecule has 1 amide bonds. The number of benzene rings is 4. The largest absolute Gasteiger partial charge is 0.306 e. The van der Waals surface area contributed by atoms with Crippen LogP contribution in [0.25, 0.3) is 27.0 Å². The fraction of sp³-hybridized carbons (Fsp3) is 0.194. The third-order valence-electron chi connectivity index (χ3n) is 7.63. The van der Waals surface area contributed by atoms with Gasteiger partial charge in [0.05, 0.1) is 28.8 Å². The highest BCUT2D eigenvalue weighted by Gasteiger charge is 2.29. The summed E-state index contributed by atoms with van der Waals surface area (Å²) in [5.41, 5.74) is 5.41. The molecule has 0 saturated heterocycles. The first kappa shape index (κ1) is 27.6. The molecule has 6 aromatic rings. The lowest BCUT2D eigenvalue weighted by atomic mass is 9.88. The number of aromatic nitrogens is 3. The van der Waals surface area contributed by atoms with Crippen molar-refractivity contribution in [3.8, 4) is 16.8 Å². The Morgan fingerprint density at radius 1 is 0.762 bits per heavy atom. The molecule has 2 aromatic heterocycles. The van der Waals surface area contributed by atoms with Gasteiger partial charge in [0, 0.05) is 17.8 Å². The summed E-state index contributed by atoms with van der Waals surface area (Å²) in [6, 6.07) is 39.0. The van der Waals surface area contributed by atoms with Crippen LogP contribution in [0.1, 0.15) is 37.8 Å². The highest BCUT2D eigenvalue weighted by Crippen LogP contribution is 2.33. The van der Waals surface area contributed by atoms with Crippen LogP contribution in [0.4, 0.5) is 5.13 Å². The van der Waals surface area contributed by atoms with Crippen LogP contribution in [0, 0.1) is 5.92 Å². The standard InChI is InChI=1S/C24H24N4OS.C12H10/c29-23(18-9-3-1-4-10-18)28(24-26-21-13-7-8-14-22(21)30-24)16-19-15-27(17-25-19)20-11-5-2-6-12-20;1-3-7-11(8-4-1)12-9-5-2-6-10-12/h2,5-8,11-15,17-18H,1,3-4,9-10,16H2;1-10H. The third-order valence-corrected chi connectivity index (χ3v) is 8.68. The Kier molecular flexibility index (Phi) is 8.81. The predicted molar refractivity (Wildman–Crippen MR) is 173 cm³/mol. The Hall–Kier alpha value is -4.55. The van der Waals surface area contributed by atoms with Crippen molar-refractivity contribution in [2.75, 3.05) is 4.90 Å². The Balaban J connectivity index is 0.000000219. The van der Waals surface area contributed by atoms with Gasteiger partial charge in [-0.2, -0.15) is 0 Å². The second-order valence-corrected chi connectivity index (χ2v) is 11.6. The summed E-state index contributed by atoms with van der Waals surface area (Å²) in [7, 11) is 0. The average molecular weight is 571 g/mol. The molecule has 0 atom stereocenters. The minimum Gasteiger partial charge on any atom is -0.306 e. The fourth-order valence-electron chi connectivity index (χ4n) is 5.39. The van der Waals surface area contributed by atoms with Crippen molar-refractivity contribution in [2.45, 2.75) is 38.6 Å². The van der Waals surface area contributed by atoms with E-state index in [9.17, 15) is 4.79 Å². The molecule has 2 heterocycles. The lowest BCUT2D eigenvalue weighted by Crippen LogP contribution is -2.36. The van der Waals surface area contributed by atoms with Crippen LogP contribution in [0.15, 0.2) is 128 Å². The van der Waals surface area contributed by atoms with E-state index in [4.69, 9.17) is 4.98 Å². The smallest absolute Gasteiger partial charge is 0.232 e. The van der Waals surface area contributed by atoms with Gasteiger partial charge < -0.3 is 4.57 Å². The van der Waals surface area contributed by atoms with Crippen LogP contribution in [-0.4, -0.2) is 20.4 Å². The van der Waals surface area contributed by atoms with E-state index in [0.717, 1.165) is 52.4 Å². The Morgan fingerprint density at radius 2 is 1.36 bits per heavy atom. The maximum absolute atomic E-state index is 13.5. The van der Waals surface area contributed by atoms with Crippen molar-refractivity contribution in [1.29, 1.82) is 0 Å². The zero-order chi connectivity index (χ0) is 28.6. The third kappa shape index (κ3) is 6.67. The van der Waals surface area contributed by atoms with Gasteiger partial charge in [-0.1, -0.05) is 122 Å². The quantitative estimate of drug-likeness (QED) is 0.201. The van der Waals surface area contributed by atoms with Crippen molar-refractivity contribution >= 4 is 32.6 Å². The summed E-state index contributed by atoms with van der Waals surface area (Å²) in [4.78, 5) is 24.7. The molecule has 0 unspecified atom stereocenters. The molecular weight excluding hydrogens is 536 g/mol. The van der Waals surface area contributed by atoms with E-state index in [0.29, 0.717) is 6.54 Å². The topological polar surface area (TPSA) is 51.0 Å². The SMILES string of the molecule is O=C(C1CCCCC1)N(Cc1cn(-c2ccccc2)cn1)c1nc2ccccc2s1.c1ccc(-c2ccccc2)cc1. The van der Waals surface area contributed by atoms with E-state index < -0.39 is 0 Å². The fourth-order valence-corrected chi connectivity index (χ4v) is 6.37. The maximum atomic E-state index is 13.5. The molecular formula is C36H34N4OS. The molecule has 1 saturated carbocycles. The van der Waals surface area contributed by atoms with Gasteiger partial charge in [-0.15, -0.1) is 0 Å². The van der Waals surface area contributed by atoms with Gasteiger partial charge in [-0.25, -0.2) is 9.97 Å². The van der Waals surface area contributed by atoms with Gasteiger partial charge in [-0.05, 0) is 48.2 Å². The molecule has 0 spiro atoms. The molecule has 210 valence electrons. The van der Waals surface area contributed by atoms with Crippen molar-refractivity contribution in [3.05, 3.63) is 133 Å². The Labute approximate surface area is 251 Å². The Morgan fingerprint density at radius 3 is 2.00 bits per heavy atom.